The minimum Gasteiger partial charge on any atom is -0.495 e. The average molecular weight is 397 g/mol. The smallest absolute Gasteiger partial charge is 0.246 e. The number of carbonyl (C=O) groups excluding carboxylic acids is 1. The van der Waals surface area contributed by atoms with Crippen LogP contribution in [0, 0.1) is 6.92 Å². The van der Waals surface area contributed by atoms with Gasteiger partial charge in [0.15, 0.2) is 0 Å². The molecule has 0 spiro atoms. The maximum atomic E-state index is 12.6. The van der Waals surface area contributed by atoms with E-state index < -0.39 is 0 Å². The van der Waals surface area contributed by atoms with Gasteiger partial charge >= 0.3 is 0 Å². The third-order valence-corrected chi connectivity index (χ3v) is 5.52. The molecule has 0 aromatic heterocycles. The monoisotopic (exact) mass is 396 g/mol. The molecule has 1 fully saturated rings. The standard InChI is InChI=1S/C23H32N4O2/c1-5-26-12-14-27(15-13-26)19-10-11-20(17(2)16-19)24-18(3)23(28)25-21-8-6-7-9-22(21)29-4/h6-11,16,18,24H,5,12-15H2,1-4H3,(H,25,28)/t18-/m0/s1. The second-order valence-electron chi connectivity index (χ2n) is 7.48. The van der Waals surface area contributed by atoms with Gasteiger partial charge in [-0.3, -0.25) is 4.79 Å². The number of rotatable bonds is 7. The Morgan fingerprint density at radius 2 is 1.83 bits per heavy atom. The van der Waals surface area contributed by atoms with Crippen molar-refractivity contribution >= 4 is 23.0 Å². The lowest BCUT2D eigenvalue weighted by Gasteiger charge is -2.35. The van der Waals surface area contributed by atoms with Crippen molar-refractivity contribution < 1.29 is 9.53 Å². The van der Waals surface area contributed by atoms with Crippen molar-refractivity contribution in [1.82, 2.24) is 4.90 Å². The van der Waals surface area contributed by atoms with E-state index in [4.69, 9.17) is 4.74 Å². The minimum absolute atomic E-state index is 0.103. The van der Waals surface area contributed by atoms with E-state index >= 15 is 0 Å². The normalized spacial score (nSPS) is 15.7. The van der Waals surface area contributed by atoms with Crippen molar-refractivity contribution in [3.63, 3.8) is 0 Å². The lowest BCUT2D eigenvalue weighted by molar-refractivity contribution is -0.116. The Labute approximate surface area is 173 Å². The molecule has 29 heavy (non-hydrogen) atoms. The van der Waals surface area contributed by atoms with Crippen LogP contribution in [-0.4, -0.2) is 56.7 Å². The van der Waals surface area contributed by atoms with Gasteiger partial charge in [-0.25, -0.2) is 0 Å². The summed E-state index contributed by atoms with van der Waals surface area (Å²) in [5.74, 6) is 0.547. The van der Waals surface area contributed by atoms with Crippen LogP contribution in [0.5, 0.6) is 5.75 Å². The Balaban J connectivity index is 1.61. The van der Waals surface area contributed by atoms with Crippen molar-refractivity contribution in [3.05, 3.63) is 48.0 Å². The van der Waals surface area contributed by atoms with Crippen molar-refractivity contribution in [3.8, 4) is 5.75 Å². The lowest BCUT2D eigenvalue weighted by atomic mass is 10.1. The van der Waals surface area contributed by atoms with E-state index in [1.807, 2.05) is 31.2 Å². The highest BCUT2D eigenvalue weighted by molar-refractivity contribution is 5.97. The van der Waals surface area contributed by atoms with Crippen molar-refractivity contribution in [2.24, 2.45) is 0 Å². The van der Waals surface area contributed by atoms with Crippen LogP contribution in [0.4, 0.5) is 17.1 Å². The van der Waals surface area contributed by atoms with E-state index in [1.54, 1.807) is 7.11 Å². The van der Waals surface area contributed by atoms with Gasteiger partial charge in [-0.15, -0.1) is 0 Å². The van der Waals surface area contributed by atoms with Gasteiger partial charge < -0.3 is 25.2 Å². The molecular weight excluding hydrogens is 364 g/mol. The fourth-order valence-electron chi connectivity index (χ4n) is 3.62. The number of ether oxygens (including phenoxy) is 1. The van der Waals surface area contributed by atoms with Crippen LogP contribution in [-0.2, 0) is 4.79 Å². The zero-order valence-corrected chi connectivity index (χ0v) is 17.9. The molecule has 2 aromatic carbocycles. The van der Waals surface area contributed by atoms with Crippen molar-refractivity contribution in [1.29, 1.82) is 0 Å². The maximum Gasteiger partial charge on any atom is 0.246 e. The number of aryl methyl sites for hydroxylation is 1. The number of benzene rings is 2. The molecule has 156 valence electrons. The van der Waals surface area contributed by atoms with Crippen molar-refractivity contribution in [2.75, 3.05) is 55.4 Å². The molecular formula is C23H32N4O2. The number of para-hydroxylation sites is 2. The molecule has 1 heterocycles. The van der Waals surface area contributed by atoms with E-state index in [9.17, 15) is 4.79 Å². The Morgan fingerprint density at radius 3 is 2.48 bits per heavy atom. The summed E-state index contributed by atoms with van der Waals surface area (Å²) in [4.78, 5) is 17.5. The summed E-state index contributed by atoms with van der Waals surface area (Å²) in [5.41, 5.74) is 4.03. The first kappa shape index (κ1) is 21.0. The molecule has 1 amide bonds. The molecule has 0 bridgehead atoms. The Kier molecular flexibility index (Phi) is 6.99. The zero-order valence-electron chi connectivity index (χ0n) is 17.9. The zero-order chi connectivity index (χ0) is 20.8. The molecule has 2 N–H and O–H groups in total. The fraction of sp³-hybridized carbons (Fsp3) is 0.435. The van der Waals surface area contributed by atoms with Gasteiger partial charge in [0, 0.05) is 37.6 Å². The predicted octanol–water partition coefficient (Wildman–Crippen LogP) is 3.58. The van der Waals surface area contributed by atoms with Gasteiger partial charge in [0.2, 0.25) is 5.91 Å². The first-order valence-electron chi connectivity index (χ1n) is 10.3. The number of hydrogen-bond acceptors (Lipinski definition) is 5. The van der Waals surface area contributed by atoms with E-state index in [-0.39, 0.29) is 11.9 Å². The number of methoxy groups -OCH3 is 1. The summed E-state index contributed by atoms with van der Waals surface area (Å²) in [6.07, 6.45) is 0. The topological polar surface area (TPSA) is 56.8 Å². The quantitative estimate of drug-likeness (QED) is 0.749. The Hall–Kier alpha value is -2.73. The molecule has 0 saturated carbocycles. The molecule has 3 rings (SSSR count). The number of carbonyl (C=O) groups is 1. The van der Waals surface area contributed by atoms with Crippen molar-refractivity contribution in [2.45, 2.75) is 26.8 Å². The summed E-state index contributed by atoms with van der Waals surface area (Å²) in [6, 6.07) is 13.5. The number of nitrogens with zero attached hydrogens (tertiary/aromatic N) is 2. The largest absolute Gasteiger partial charge is 0.495 e. The highest BCUT2D eigenvalue weighted by Gasteiger charge is 2.18. The average Bonchev–Trinajstić information content (AvgIpc) is 2.75. The van der Waals surface area contributed by atoms with E-state index in [2.05, 4.69) is 52.5 Å². The van der Waals surface area contributed by atoms with Gasteiger partial charge in [0.1, 0.15) is 11.8 Å². The molecule has 0 radical (unpaired) electrons. The van der Waals surface area contributed by atoms with E-state index in [0.29, 0.717) is 11.4 Å². The highest BCUT2D eigenvalue weighted by atomic mass is 16.5. The van der Waals surface area contributed by atoms with Crippen LogP contribution in [0.15, 0.2) is 42.5 Å². The van der Waals surface area contributed by atoms with Gasteiger partial charge in [-0.1, -0.05) is 19.1 Å². The van der Waals surface area contributed by atoms with Crippen LogP contribution >= 0.6 is 0 Å². The molecule has 1 aliphatic rings. The first-order chi connectivity index (χ1) is 14.0. The second-order valence-corrected chi connectivity index (χ2v) is 7.48. The van der Waals surface area contributed by atoms with Gasteiger partial charge in [-0.05, 0) is 56.3 Å². The molecule has 0 unspecified atom stereocenters. The molecule has 2 aromatic rings. The molecule has 1 aliphatic heterocycles. The van der Waals surface area contributed by atoms with E-state index in [0.717, 1.165) is 44.0 Å². The molecule has 1 saturated heterocycles. The summed E-state index contributed by atoms with van der Waals surface area (Å²) in [6.45, 7) is 11.6. The minimum atomic E-state index is -0.377. The highest BCUT2D eigenvalue weighted by Crippen LogP contribution is 2.26. The van der Waals surface area contributed by atoms with Crippen LogP contribution in [0.1, 0.15) is 19.4 Å². The summed E-state index contributed by atoms with van der Waals surface area (Å²) < 4.78 is 5.31. The van der Waals surface area contributed by atoms with Crippen LogP contribution < -0.4 is 20.3 Å². The van der Waals surface area contributed by atoms with Gasteiger partial charge in [0.25, 0.3) is 0 Å². The second kappa shape index (κ2) is 9.65. The third kappa shape index (κ3) is 5.21. The number of hydrogen-bond donors (Lipinski definition) is 2. The SMILES string of the molecule is CCN1CCN(c2ccc(N[C@@H](C)C(=O)Nc3ccccc3OC)c(C)c2)CC1. The number of anilines is 3. The number of nitrogens with one attached hydrogen (secondary N) is 2. The molecule has 0 aliphatic carbocycles. The van der Waals surface area contributed by atoms with Crippen LogP contribution in [0.2, 0.25) is 0 Å². The fourth-order valence-corrected chi connectivity index (χ4v) is 3.62. The first-order valence-corrected chi connectivity index (χ1v) is 10.3. The maximum absolute atomic E-state index is 12.6. The Bertz CT molecular complexity index is 831. The summed E-state index contributed by atoms with van der Waals surface area (Å²) in [7, 11) is 1.60. The lowest BCUT2D eigenvalue weighted by Crippen LogP contribution is -2.46. The predicted molar refractivity (Wildman–Crippen MR) is 120 cm³/mol. The summed E-state index contributed by atoms with van der Waals surface area (Å²) in [5, 5.41) is 6.27. The van der Waals surface area contributed by atoms with Gasteiger partial charge in [-0.2, -0.15) is 0 Å². The summed E-state index contributed by atoms with van der Waals surface area (Å²) >= 11 is 0. The molecule has 1 atom stereocenters. The number of likely N-dealkylation sites (N-methyl/N-ethyl adjacent to an activating group) is 1. The number of amides is 1. The van der Waals surface area contributed by atoms with E-state index in [1.165, 1.54) is 5.69 Å². The van der Waals surface area contributed by atoms with Crippen LogP contribution in [0.25, 0.3) is 0 Å². The number of piperazine rings is 1. The third-order valence-electron chi connectivity index (χ3n) is 5.52. The Morgan fingerprint density at radius 1 is 1.10 bits per heavy atom. The van der Waals surface area contributed by atoms with Crippen LogP contribution in [0.3, 0.4) is 0 Å². The molecule has 6 heteroatoms. The molecule has 6 nitrogen and oxygen atoms in total. The van der Waals surface area contributed by atoms with Gasteiger partial charge in [0.05, 0.1) is 12.8 Å².